The standard InChI is InChI=1S/C16H14F2N2/c1-11(14-4-2-3-5-15(14)17)20-10-13-7-6-12(9-19)8-16(13)18/h2-8,11,20H,10H2,1H3/t11-/m1/s1. The molecule has 0 aromatic heterocycles. The van der Waals surface area contributed by atoms with Gasteiger partial charge in [-0.3, -0.25) is 0 Å². The van der Waals surface area contributed by atoms with Crippen molar-refractivity contribution in [2.75, 3.05) is 0 Å². The Bertz CT molecular complexity index is 647. The van der Waals surface area contributed by atoms with Gasteiger partial charge in [0, 0.05) is 23.7 Å². The molecular formula is C16H14F2N2. The molecule has 0 bridgehead atoms. The Morgan fingerprint density at radius 1 is 1.15 bits per heavy atom. The van der Waals surface area contributed by atoms with E-state index in [1.54, 1.807) is 30.3 Å². The number of nitrogens with zero attached hydrogens (tertiary/aromatic N) is 1. The molecule has 1 N–H and O–H groups in total. The smallest absolute Gasteiger partial charge is 0.129 e. The van der Waals surface area contributed by atoms with E-state index in [9.17, 15) is 8.78 Å². The van der Waals surface area contributed by atoms with Crippen LogP contribution in [0.5, 0.6) is 0 Å². The van der Waals surface area contributed by atoms with Gasteiger partial charge in [-0.05, 0) is 25.1 Å². The molecule has 4 heteroatoms. The fourth-order valence-corrected chi connectivity index (χ4v) is 1.96. The number of nitriles is 1. The summed E-state index contributed by atoms with van der Waals surface area (Å²) in [6, 6.07) is 12.5. The van der Waals surface area contributed by atoms with Crippen LogP contribution >= 0.6 is 0 Å². The molecule has 0 unspecified atom stereocenters. The fourth-order valence-electron chi connectivity index (χ4n) is 1.96. The van der Waals surface area contributed by atoms with Crippen molar-refractivity contribution in [3.63, 3.8) is 0 Å². The summed E-state index contributed by atoms with van der Waals surface area (Å²) in [5.74, 6) is -0.718. The lowest BCUT2D eigenvalue weighted by atomic mass is 10.1. The van der Waals surface area contributed by atoms with E-state index in [-0.39, 0.29) is 24.0 Å². The first kappa shape index (κ1) is 14.2. The second-order valence-corrected chi connectivity index (χ2v) is 4.54. The van der Waals surface area contributed by atoms with Gasteiger partial charge < -0.3 is 5.32 Å². The topological polar surface area (TPSA) is 35.8 Å². The molecule has 102 valence electrons. The first-order chi connectivity index (χ1) is 9.61. The lowest BCUT2D eigenvalue weighted by molar-refractivity contribution is 0.515. The first-order valence-corrected chi connectivity index (χ1v) is 6.28. The van der Waals surface area contributed by atoms with Crippen molar-refractivity contribution in [3.05, 3.63) is 70.8 Å². The summed E-state index contributed by atoms with van der Waals surface area (Å²) >= 11 is 0. The van der Waals surface area contributed by atoms with Gasteiger partial charge in [0.05, 0.1) is 11.6 Å². The third-order valence-corrected chi connectivity index (χ3v) is 3.15. The second kappa shape index (κ2) is 6.27. The van der Waals surface area contributed by atoms with Crippen LogP contribution in [0.15, 0.2) is 42.5 Å². The third-order valence-electron chi connectivity index (χ3n) is 3.15. The van der Waals surface area contributed by atoms with Gasteiger partial charge in [0.15, 0.2) is 0 Å². The normalized spacial score (nSPS) is 11.9. The molecule has 0 saturated carbocycles. The van der Waals surface area contributed by atoms with Crippen LogP contribution in [0.2, 0.25) is 0 Å². The van der Waals surface area contributed by atoms with Crippen LogP contribution in [0.25, 0.3) is 0 Å². The Kier molecular flexibility index (Phi) is 4.44. The zero-order valence-corrected chi connectivity index (χ0v) is 11.0. The van der Waals surface area contributed by atoms with Crippen molar-refractivity contribution in [2.45, 2.75) is 19.5 Å². The summed E-state index contributed by atoms with van der Waals surface area (Å²) in [4.78, 5) is 0. The van der Waals surface area contributed by atoms with Crippen molar-refractivity contribution in [1.29, 1.82) is 5.26 Å². The van der Waals surface area contributed by atoms with E-state index in [1.165, 1.54) is 12.1 Å². The highest BCUT2D eigenvalue weighted by Crippen LogP contribution is 2.17. The van der Waals surface area contributed by atoms with Gasteiger partial charge in [0.1, 0.15) is 11.6 Å². The molecule has 0 radical (unpaired) electrons. The number of rotatable bonds is 4. The lowest BCUT2D eigenvalue weighted by Crippen LogP contribution is -2.19. The molecular weight excluding hydrogens is 258 g/mol. The highest BCUT2D eigenvalue weighted by molar-refractivity contribution is 5.33. The van der Waals surface area contributed by atoms with E-state index in [2.05, 4.69) is 5.32 Å². The Balaban J connectivity index is 2.06. The number of hydrogen-bond donors (Lipinski definition) is 1. The first-order valence-electron chi connectivity index (χ1n) is 6.28. The zero-order valence-electron chi connectivity index (χ0n) is 11.0. The third kappa shape index (κ3) is 3.19. The van der Waals surface area contributed by atoms with E-state index < -0.39 is 5.82 Å². The largest absolute Gasteiger partial charge is 0.306 e. The average Bonchev–Trinajstić information content (AvgIpc) is 2.46. The maximum absolute atomic E-state index is 13.7. The number of benzene rings is 2. The molecule has 0 amide bonds. The van der Waals surface area contributed by atoms with Crippen LogP contribution in [0.4, 0.5) is 8.78 Å². The summed E-state index contributed by atoms with van der Waals surface area (Å²) < 4.78 is 27.3. The molecule has 0 saturated heterocycles. The average molecular weight is 272 g/mol. The van der Waals surface area contributed by atoms with Gasteiger partial charge in [-0.2, -0.15) is 5.26 Å². The van der Waals surface area contributed by atoms with Crippen LogP contribution in [0.1, 0.15) is 29.7 Å². The van der Waals surface area contributed by atoms with Crippen molar-refractivity contribution < 1.29 is 8.78 Å². The second-order valence-electron chi connectivity index (χ2n) is 4.54. The van der Waals surface area contributed by atoms with Crippen molar-refractivity contribution in [3.8, 4) is 6.07 Å². The predicted octanol–water partition coefficient (Wildman–Crippen LogP) is 3.69. The predicted molar refractivity (Wildman–Crippen MR) is 72.8 cm³/mol. The minimum atomic E-state index is -0.433. The Morgan fingerprint density at radius 3 is 2.55 bits per heavy atom. The summed E-state index contributed by atoms with van der Waals surface area (Å²) in [6.45, 7) is 2.09. The maximum atomic E-state index is 13.7. The number of nitrogens with one attached hydrogen (secondary N) is 1. The van der Waals surface area contributed by atoms with E-state index in [4.69, 9.17) is 5.26 Å². The summed E-state index contributed by atoms with van der Waals surface area (Å²) in [5, 5.41) is 11.7. The molecule has 2 nitrogen and oxygen atoms in total. The monoisotopic (exact) mass is 272 g/mol. The van der Waals surface area contributed by atoms with Gasteiger partial charge in [-0.1, -0.05) is 24.3 Å². The molecule has 1 atom stereocenters. The van der Waals surface area contributed by atoms with Gasteiger partial charge in [0.25, 0.3) is 0 Å². The van der Waals surface area contributed by atoms with Crippen molar-refractivity contribution in [1.82, 2.24) is 5.32 Å². The SMILES string of the molecule is C[C@@H](NCc1ccc(C#N)cc1F)c1ccccc1F. The minimum absolute atomic E-state index is 0.230. The fraction of sp³-hybridized carbons (Fsp3) is 0.188. The molecule has 20 heavy (non-hydrogen) atoms. The molecule has 0 spiro atoms. The molecule has 0 aliphatic rings. The molecule has 0 fully saturated rings. The highest BCUT2D eigenvalue weighted by Gasteiger charge is 2.11. The van der Waals surface area contributed by atoms with Crippen LogP contribution < -0.4 is 5.32 Å². The van der Waals surface area contributed by atoms with Crippen LogP contribution in [-0.4, -0.2) is 0 Å². The molecule has 0 aliphatic carbocycles. The maximum Gasteiger partial charge on any atom is 0.129 e. The molecule has 0 heterocycles. The highest BCUT2D eigenvalue weighted by atomic mass is 19.1. The molecule has 2 rings (SSSR count). The molecule has 0 aliphatic heterocycles. The van der Waals surface area contributed by atoms with Gasteiger partial charge in [0.2, 0.25) is 0 Å². The Labute approximate surface area is 116 Å². The van der Waals surface area contributed by atoms with E-state index in [0.29, 0.717) is 11.1 Å². The van der Waals surface area contributed by atoms with Crippen molar-refractivity contribution in [2.24, 2.45) is 0 Å². The van der Waals surface area contributed by atoms with Crippen LogP contribution in [0, 0.1) is 23.0 Å². The van der Waals surface area contributed by atoms with E-state index in [1.807, 2.05) is 13.0 Å². The summed E-state index contributed by atoms with van der Waals surface area (Å²) in [7, 11) is 0. The zero-order chi connectivity index (χ0) is 14.5. The van der Waals surface area contributed by atoms with Crippen LogP contribution in [0.3, 0.4) is 0 Å². The summed E-state index contributed by atoms with van der Waals surface area (Å²) in [5.41, 5.74) is 1.28. The number of halogens is 2. The minimum Gasteiger partial charge on any atom is -0.306 e. The van der Waals surface area contributed by atoms with E-state index >= 15 is 0 Å². The van der Waals surface area contributed by atoms with Gasteiger partial charge in [-0.15, -0.1) is 0 Å². The Morgan fingerprint density at radius 2 is 1.90 bits per heavy atom. The lowest BCUT2D eigenvalue weighted by Gasteiger charge is -2.15. The number of hydrogen-bond acceptors (Lipinski definition) is 2. The molecule has 2 aromatic carbocycles. The molecule has 2 aromatic rings. The van der Waals surface area contributed by atoms with Crippen molar-refractivity contribution >= 4 is 0 Å². The quantitative estimate of drug-likeness (QED) is 0.921. The Hall–Kier alpha value is -2.25. The van der Waals surface area contributed by atoms with Crippen LogP contribution in [-0.2, 0) is 6.54 Å². The summed E-state index contributed by atoms with van der Waals surface area (Å²) in [6.07, 6.45) is 0. The van der Waals surface area contributed by atoms with Gasteiger partial charge in [-0.25, -0.2) is 8.78 Å². The van der Waals surface area contributed by atoms with E-state index in [0.717, 1.165) is 0 Å². The van der Waals surface area contributed by atoms with Gasteiger partial charge >= 0.3 is 0 Å².